The first-order valence-electron chi connectivity index (χ1n) is 5.99. The highest BCUT2D eigenvalue weighted by Gasteiger charge is 2.30. The Kier molecular flexibility index (Phi) is 4.91. The van der Waals surface area contributed by atoms with Gasteiger partial charge in [0.2, 0.25) is 11.0 Å². The van der Waals surface area contributed by atoms with Crippen LogP contribution in [0.1, 0.15) is 12.5 Å². The number of alkyl halides is 3. The predicted octanol–water partition coefficient (Wildman–Crippen LogP) is 3.26. The molecular weight excluding hydrogens is 337 g/mol. The third-order valence-corrected chi connectivity index (χ3v) is 4.46. The maximum atomic E-state index is 12.6. The topological polar surface area (TPSA) is 80.9 Å². The van der Waals surface area contributed by atoms with Crippen molar-refractivity contribution in [1.29, 1.82) is 0 Å². The third-order valence-electron chi connectivity index (χ3n) is 2.53. The lowest BCUT2D eigenvalue weighted by Gasteiger charge is -2.12. The van der Waals surface area contributed by atoms with Crippen LogP contribution in [0.25, 0.3) is 0 Å². The van der Waals surface area contributed by atoms with E-state index in [2.05, 4.69) is 15.5 Å². The van der Waals surface area contributed by atoms with Gasteiger partial charge in [-0.1, -0.05) is 29.2 Å². The number of hydrogen-bond acceptors (Lipinski definition) is 6. The Labute approximate surface area is 132 Å². The van der Waals surface area contributed by atoms with Crippen molar-refractivity contribution in [3.05, 3.63) is 29.8 Å². The van der Waals surface area contributed by atoms with E-state index in [1.54, 1.807) is 6.92 Å². The van der Waals surface area contributed by atoms with E-state index in [0.717, 1.165) is 35.2 Å². The molecule has 0 radical (unpaired) electrons. The van der Waals surface area contributed by atoms with Crippen LogP contribution >= 0.6 is 23.1 Å². The highest BCUT2D eigenvalue weighted by Crippen LogP contribution is 2.31. The average Bonchev–Trinajstić information content (AvgIpc) is 2.83. The number of nitrogens with zero attached hydrogens (tertiary/aromatic N) is 2. The number of nitrogens with one attached hydrogen (secondary N) is 1. The first-order valence-corrected chi connectivity index (χ1v) is 7.69. The van der Waals surface area contributed by atoms with Gasteiger partial charge in [-0.25, -0.2) is 0 Å². The molecule has 1 atom stereocenters. The average molecular weight is 348 g/mol. The van der Waals surface area contributed by atoms with Crippen LogP contribution in [-0.4, -0.2) is 21.4 Å². The quantitative estimate of drug-likeness (QED) is 0.829. The molecule has 22 heavy (non-hydrogen) atoms. The van der Waals surface area contributed by atoms with E-state index in [4.69, 9.17) is 5.73 Å². The van der Waals surface area contributed by atoms with Gasteiger partial charge in [0.15, 0.2) is 4.34 Å². The molecule has 0 saturated carbocycles. The molecule has 0 saturated heterocycles. The largest absolute Gasteiger partial charge is 0.416 e. The molecule has 10 heteroatoms. The number of thioether (sulfide) groups is 1. The van der Waals surface area contributed by atoms with Gasteiger partial charge in [0.1, 0.15) is 0 Å². The number of benzene rings is 1. The smallest absolute Gasteiger partial charge is 0.374 e. The summed E-state index contributed by atoms with van der Waals surface area (Å²) in [5, 5.41) is 9.57. The molecule has 1 unspecified atom stereocenters. The summed E-state index contributed by atoms with van der Waals surface area (Å²) in [6.45, 7) is 1.62. The van der Waals surface area contributed by atoms with Crippen molar-refractivity contribution in [2.75, 3.05) is 11.1 Å². The Balaban J connectivity index is 2.02. The lowest BCUT2D eigenvalue weighted by molar-refractivity contribution is -0.137. The molecule has 1 heterocycles. The highest BCUT2D eigenvalue weighted by atomic mass is 32.2. The molecule has 1 amide bonds. The van der Waals surface area contributed by atoms with Gasteiger partial charge < -0.3 is 11.1 Å². The number of carbonyl (C=O) groups is 1. The van der Waals surface area contributed by atoms with E-state index >= 15 is 0 Å². The maximum absolute atomic E-state index is 12.6. The molecule has 0 aliphatic heterocycles. The second-order valence-electron chi connectivity index (χ2n) is 4.23. The number of rotatable bonds is 4. The molecule has 1 aromatic heterocycles. The van der Waals surface area contributed by atoms with Crippen LogP contribution in [0.4, 0.5) is 24.0 Å². The van der Waals surface area contributed by atoms with Gasteiger partial charge in [-0.15, -0.1) is 10.2 Å². The molecule has 2 aromatic rings. The molecule has 0 spiro atoms. The van der Waals surface area contributed by atoms with E-state index in [0.29, 0.717) is 4.34 Å². The summed E-state index contributed by atoms with van der Waals surface area (Å²) in [5.41, 5.74) is 4.71. The molecule has 5 nitrogen and oxygen atoms in total. The van der Waals surface area contributed by atoms with Crippen LogP contribution in [-0.2, 0) is 11.0 Å². The van der Waals surface area contributed by atoms with E-state index in [-0.39, 0.29) is 10.8 Å². The molecular formula is C12H11F3N4OS2. The van der Waals surface area contributed by atoms with Crippen LogP contribution in [0, 0.1) is 0 Å². The van der Waals surface area contributed by atoms with E-state index in [1.165, 1.54) is 12.1 Å². The fourth-order valence-electron chi connectivity index (χ4n) is 1.49. The Morgan fingerprint density at radius 2 is 2.14 bits per heavy atom. The first-order chi connectivity index (χ1) is 10.3. The number of nitrogen functional groups attached to an aromatic ring is 1. The molecule has 3 N–H and O–H groups in total. The van der Waals surface area contributed by atoms with Crippen molar-refractivity contribution in [3.8, 4) is 0 Å². The lowest BCUT2D eigenvalue weighted by Crippen LogP contribution is -2.22. The molecule has 2 rings (SSSR count). The zero-order chi connectivity index (χ0) is 16.3. The van der Waals surface area contributed by atoms with Gasteiger partial charge in [0.05, 0.1) is 10.8 Å². The first kappa shape index (κ1) is 16.6. The standard InChI is InChI=1S/C12H11F3N4OS2/c1-6(21-11-19-18-10(16)22-11)9(20)17-8-4-2-3-7(5-8)12(13,14)15/h2-6H,1H3,(H2,16,18)(H,17,20). The summed E-state index contributed by atoms with van der Waals surface area (Å²) in [6, 6.07) is 4.46. The van der Waals surface area contributed by atoms with Gasteiger partial charge in [0.25, 0.3) is 0 Å². The van der Waals surface area contributed by atoms with Crippen LogP contribution in [0.5, 0.6) is 0 Å². The molecule has 1 aromatic carbocycles. The maximum Gasteiger partial charge on any atom is 0.416 e. The Bertz CT molecular complexity index is 674. The van der Waals surface area contributed by atoms with Crippen molar-refractivity contribution in [1.82, 2.24) is 10.2 Å². The summed E-state index contributed by atoms with van der Waals surface area (Å²) in [6.07, 6.45) is -4.45. The summed E-state index contributed by atoms with van der Waals surface area (Å²) >= 11 is 2.27. The minimum absolute atomic E-state index is 0.0871. The number of amides is 1. The molecule has 0 aliphatic carbocycles. The Hall–Kier alpha value is -1.81. The number of halogens is 3. The summed E-state index contributed by atoms with van der Waals surface area (Å²) in [4.78, 5) is 12.0. The number of carbonyl (C=O) groups excluding carboxylic acids is 1. The van der Waals surface area contributed by atoms with Crippen LogP contribution in [0.3, 0.4) is 0 Å². The van der Waals surface area contributed by atoms with Crippen molar-refractivity contribution in [2.24, 2.45) is 0 Å². The van der Waals surface area contributed by atoms with Crippen molar-refractivity contribution in [2.45, 2.75) is 22.7 Å². The molecule has 0 aliphatic rings. The number of anilines is 2. The number of aromatic nitrogens is 2. The van der Waals surface area contributed by atoms with Crippen molar-refractivity contribution < 1.29 is 18.0 Å². The normalized spacial score (nSPS) is 12.9. The number of nitrogens with two attached hydrogens (primary N) is 1. The van der Waals surface area contributed by atoms with E-state index < -0.39 is 22.9 Å². The predicted molar refractivity (Wildman–Crippen MR) is 79.7 cm³/mol. The van der Waals surface area contributed by atoms with Crippen LogP contribution < -0.4 is 11.1 Å². The van der Waals surface area contributed by atoms with E-state index in [9.17, 15) is 18.0 Å². The zero-order valence-electron chi connectivity index (χ0n) is 11.2. The molecule has 0 bridgehead atoms. The fourth-order valence-corrected chi connectivity index (χ4v) is 3.27. The molecule has 118 valence electrons. The van der Waals surface area contributed by atoms with Crippen LogP contribution in [0.2, 0.25) is 0 Å². The Morgan fingerprint density at radius 3 is 2.73 bits per heavy atom. The van der Waals surface area contributed by atoms with Crippen molar-refractivity contribution >= 4 is 39.8 Å². The molecule has 0 fully saturated rings. The monoisotopic (exact) mass is 348 g/mol. The highest BCUT2D eigenvalue weighted by molar-refractivity contribution is 8.02. The second kappa shape index (κ2) is 6.53. The van der Waals surface area contributed by atoms with Gasteiger partial charge in [-0.3, -0.25) is 4.79 Å². The summed E-state index contributed by atoms with van der Waals surface area (Å²) < 4.78 is 38.4. The number of hydrogen-bond donors (Lipinski definition) is 2. The fraction of sp³-hybridized carbons (Fsp3) is 0.250. The second-order valence-corrected chi connectivity index (χ2v) is 6.83. The van der Waals surface area contributed by atoms with Gasteiger partial charge in [-0.05, 0) is 25.1 Å². The zero-order valence-corrected chi connectivity index (χ0v) is 12.9. The lowest BCUT2D eigenvalue weighted by atomic mass is 10.2. The van der Waals surface area contributed by atoms with Gasteiger partial charge in [-0.2, -0.15) is 13.2 Å². The minimum atomic E-state index is -4.45. The Morgan fingerprint density at radius 1 is 1.41 bits per heavy atom. The minimum Gasteiger partial charge on any atom is -0.374 e. The third kappa shape index (κ3) is 4.34. The SMILES string of the molecule is CC(Sc1nnc(N)s1)C(=O)Nc1cccc(C(F)(F)F)c1. The summed E-state index contributed by atoms with van der Waals surface area (Å²) in [5.74, 6) is -0.432. The van der Waals surface area contributed by atoms with Gasteiger partial charge >= 0.3 is 6.18 Å². The van der Waals surface area contributed by atoms with Crippen molar-refractivity contribution in [3.63, 3.8) is 0 Å². The summed E-state index contributed by atoms with van der Waals surface area (Å²) in [7, 11) is 0. The van der Waals surface area contributed by atoms with Gasteiger partial charge in [0, 0.05) is 5.69 Å². The van der Waals surface area contributed by atoms with E-state index in [1.807, 2.05) is 0 Å². The van der Waals surface area contributed by atoms with Crippen LogP contribution in [0.15, 0.2) is 28.6 Å².